The standard InChI is InChI=1S/C18H27N3O5S/c1-5-26-17(23)20-9-11-21(12-10-20)27(24,25)15-8-6-7-14(13-15)16(22)19-18(2,3)4/h6-8,13H,5,9-12H2,1-4H3,(H,19,22). The number of carbonyl (C=O) groups excluding carboxylic acids is 2. The molecule has 0 spiro atoms. The predicted octanol–water partition coefficient (Wildman–Crippen LogP) is 1.68. The molecule has 0 atom stereocenters. The van der Waals surface area contributed by atoms with Crippen molar-refractivity contribution in [1.29, 1.82) is 0 Å². The Kier molecular flexibility index (Phi) is 6.48. The lowest BCUT2D eigenvalue weighted by Crippen LogP contribution is -2.50. The zero-order chi connectivity index (χ0) is 20.2. The Bertz CT molecular complexity index is 793. The van der Waals surface area contributed by atoms with Gasteiger partial charge >= 0.3 is 6.09 Å². The van der Waals surface area contributed by atoms with Gasteiger partial charge in [-0.2, -0.15) is 4.31 Å². The number of nitrogens with one attached hydrogen (secondary N) is 1. The number of carbonyl (C=O) groups is 2. The van der Waals surface area contributed by atoms with Gasteiger partial charge in [0.1, 0.15) is 0 Å². The molecule has 1 aromatic rings. The summed E-state index contributed by atoms with van der Waals surface area (Å²) in [6, 6.07) is 5.99. The van der Waals surface area contributed by atoms with Crippen molar-refractivity contribution in [2.45, 2.75) is 38.1 Å². The molecule has 0 bridgehead atoms. The second kappa shape index (κ2) is 8.26. The van der Waals surface area contributed by atoms with Crippen molar-refractivity contribution in [3.63, 3.8) is 0 Å². The molecule has 2 rings (SSSR count). The summed E-state index contributed by atoms with van der Waals surface area (Å²) in [6.07, 6.45) is -0.435. The van der Waals surface area contributed by atoms with Crippen molar-refractivity contribution in [3.8, 4) is 0 Å². The van der Waals surface area contributed by atoms with Crippen LogP contribution in [0, 0.1) is 0 Å². The number of hydrogen-bond acceptors (Lipinski definition) is 5. The molecule has 8 nitrogen and oxygen atoms in total. The molecule has 150 valence electrons. The topological polar surface area (TPSA) is 96.0 Å². The molecule has 1 aliphatic rings. The summed E-state index contributed by atoms with van der Waals surface area (Å²) in [5.41, 5.74) is -0.133. The first-order valence-corrected chi connectivity index (χ1v) is 10.3. The van der Waals surface area contributed by atoms with E-state index in [4.69, 9.17) is 4.74 Å². The highest BCUT2D eigenvalue weighted by Gasteiger charge is 2.31. The maximum Gasteiger partial charge on any atom is 0.409 e. The molecule has 1 aliphatic heterocycles. The highest BCUT2D eigenvalue weighted by Crippen LogP contribution is 2.19. The molecule has 9 heteroatoms. The summed E-state index contributed by atoms with van der Waals surface area (Å²) >= 11 is 0. The van der Waals surface area contributed by atoms with Gasteiger partial charge in [-0.05, 0) is 45.9 Å². The first-order valence-electron chi connectivity index (χ1n) is 8.89. The van der Waals surface area contributed by atoms with Gasteiger partial charge in [0.05, 0.1) is 11.5 Å². The van der Waals surface area contributed by atoms with Crippen molar-refractivity contribution in [1.82, 2.24) is 14.5 Å². The summed E-state index contributed by atoms with van der Waals surface area (Å²) in [7, 11) is -3.75. The van der Waals surface area contributed by atoms with Crippen LogP contribution >= 0.6 is 0 Å². The number of sulfonamides is 1. The van der Waals surface area contributed by atoms with Crippen molar-refractivity contribution >= 4 is 22.0 Å². The number of piperazine rings is 1. The van der Waals surface area contributed by atoms with Crippen LogP contribution in [0.1, 0.15) is 38.1 Å². The van der Waals surface area contributed by atoms with E-state index in [1.54, 1.807) is 19.1 Å². The van der Waals surface area contributed by atoms with Gasteiger partial charge in [0.15, 0.2) is 0 Å². The molecule has 0 saturated carbocycles. The van der Waals surface area contributed by atoms with E-state index >= 15 is 0 Å². The lowest BCUT2D eigenvalue weighted by Gasteiger charge is -2.33. The molecule has 0 radical (unpaired) electrons. The van der Waals surface area contributed by atoms with Crippen LogP contribution in [0.25, 0.3) is 0 Å². The minimum Gasteiger partial charge on any atom is -0.450 e. The minimum absolute atomic E-state index is 0.0636. The average molecular weight is 397 g/mol. The minimum atomic E-state index is -3.75. The molecular weight excluding hydrogens is 370 g/mol. The van der Waals surface area contributed by atoms with Gasteiger partial charge in [-0.3, -0.25) is 4.79 Å². The third-order valence-electron chi connectivity index (χ3n) is 3.99. The van der Waals surface area contributed by atoms with E-state index in [2.05, 4.69) is 5.32 Å². The van der Waals surface area contributed by atoms with E-state index in [1.165, 1.54) is 21.3 Å². The number of benzene rings is 1. The van der Waals surface area contributed by atoms with Crippen molar-refractivity contribution < 1.29 is 22.7 Å². The maximum atomic E-state index is 12.9. The second-order valence-corrected chi connectivity index (χ2v) is 9.26. The Hall–Kier alpha value is -2.13. The molecule has 1 aromatic carbocycles. The fraction of sp³-hybridized carbons (Fsp3) is 0.556. The molecule has 0 aromatic heterocycles. The smallest absolute Gasteiger partial charge is 0.409 e. The van der Waals surface area contributed by atoms with Gasteiger partial charge in [-0.25, -0.2) is 13.2 Å². The largest absolute Gasteiger partial charge is 0.450 e. The summed E-state index contributed by atoms with van der Waals surface area (Å²) in [5, 5.41) is 2.82. The van der Waals surface area contributed by atoms with Crippen LogP contribution in [-0.4, -0.2) is 67.9 Å². The lowest BCUT2D eigenvalue weighted by atomic mass is 10.1. The normalized spacial score (nSPS) is 16.1. The van der Waals surface area contributed by atoms with Gasteiger partial charge in [-0.1, -0.05) is 6.07 Å². The van der Waals surface area contributed by atoms with Crippen LogP contribution in [0.4, 0.5) is 4.79 Å². The summed E-state index contributed by atoms with van der Waals surface area (Å²) in [6.45, 7) is 8.46. The average Bonchev–Trinajstić information content (AvgIpc) is 2.60. The fourth-order valence-corrected chi connectivity index (χ4v) is 4.15. The molecular formula is C18H27N3O5S. The maximum absolute atomic E-state index is 12.9. The van der Waals surface area contributed by atoms with Gasteiger partial charge in [-0.15, -0.1) is 0 Å². The molecule has 2 amide bonds. The molecule has 1 saturated heterocycles. The van der Waals surface area contributed by atoms with E-state index in [9.17, 15) is 18.0 Å². The first-order chi connectivity index (χ1) is 12.5. The third-order valence-corrected chi connectivity index (χ3v) is 5.88. The van der Waals surface area contributed by atoms with E-state index in [0.29, 0.717) is 0 Å². The quantitative estimate of drug-likeness (QED) is 0.834. The van der Waals surface area contributed by atoms with Crippen molar-refractivity contribution in [2.75, 3.05) is 32.8 Å². The Morgan fingerprint density at radius 2 is 1.78 bits per heavy atom. The highest BCUT2D eigenvalue weighted by atomic mass is 32.2. The van der Waals surface area contributed by atoms with Gasteiger partial charge in [0.2, 0.25) is 10.0 Å². The lowest BCUT2D eigenvalue weighted by molar-refractivity contribution is 0.0915. The number of nitrogens with zero attached hydrogens (tertiary/aromatic N) is 2. The molecule has 0 unspecified atom stereocenters. The number of ether oxygens (including phenoxy) is 1. The Morgan fingerprint density at radius 3 is 2.33 bits per heavy atom. The number of rotatable bonds is 4. The fourth-order valence-electron chi connectivity index (χ4n) is 2.69. The zero-order valence-corrected chi connectivity index (χ0v) is 17.0. The van der Waals surface area contributed by atoms with Crippen LogP contribution in [0.3, 0.4) is 0 Å². The summed E-state index contributed by atoms with van der Waals surface area (Å²) < 4.78 is 32.1. The van der Waals surface area contributed by atoms with Crippen LogP contribution in [-0.2, 0) is 14.8 Å². The summed E-state index contributed by atoms with van der Waals surface area (Å²) in [5.74, 6) is -0.327. The van der Waals surface area contributed by atoms with Crippen LogP contribution in [0.15, 0.2) is 29.2 Å². The second-order valence-electron chi connectivity index (χ2n) is 7.32. The first kappa shape index (κ1) is 21.2. The monoisotopic (exact) mass is 397 g/mol. The zero-order valence-electron chi connectivity index (χ0n) is 16.2. The van der Waals surface area contributed by atoms with Crippen LogP contribution in [0.2, 0.25) is 0 Å². The number of amides is 2. The number of hydrogen-bond donors (Lipinski definition) is 1. The molecule has 1 N–H and O–H groups in total. The molecule has 27 heavy (non-hydrogen) atoms. The van der Waals surface area contributed by atoms with Crippen molar-refractivity contribution in [3.05, 3.63) is 29.8 Å². The third kappa shape index (κ3) is 5.43. The van der Waals surface area contributed by atoms with E-state index in [0.717, 1.165) is 0 Å². The molecule has 1 fully saturated rings. The van der Waals surface area contributed by atoms with Crippen molar-refractivity contribution in [2.24, 2.45) is 0 Å². The van der Waals surface area contributed by atoms with E-state index in [-0.39, 0.29) is 49.2 Å². The molecule has 0 aliphatic carbocycles. The van der Waals surface area contributed by atoms with Gasteiger partial charge in [0, 0.05) is 37.3 Å². The van der Waals surface area contributed by atoms with E-state index < -0.39 is 21.7 Å². The predicted molar refractivity (Wildman–Crippen MR) is 101 cm³/mol. The van der Waals surface area contributed by atoms with Crippen LogP contribution < -0.4 is 5.32 Å². The van der Waals surface area contributed by atoms with Gasteiger partial charge < -0.3 is 15.0 Å². The molecule has 1 heterocycles. The van der Waals surface area contributed by atoms with E-state index in [1.807, 2.05) is 20.8 Å². The Balaban J connectivity index is 2.12. The Morgan fingerprint density at radius 1 is 1.15 bits per heavy atom. The van der Waals surface area contributed by atoms with Gasteiger partial charge in [0.25, 0.3) is 5.91 Å². The highest BCUT2D eigenvalue weighted by molar-refractivity contribution is 7.89. The summed E-state index contributed by atoms with van der Waals surface area (Å²) in [4.78, 5) is 25.6. The Labute approximate surface area is 160 Å². The van der Waals surface area contributed by atoms with Crippen LogP contribution in [0.5, 0.6) is 0 Å². The SMILES string of the molecule is CCOC(=O)N1CCN(S(=O)(=O)c2cccc(C(=O)NC(C)(C)C)c2)CC1.